The first-order chi connectivity index (χ1) is 11.1. The SMILES string of the molecule is CC(C)COC(=O)N1CCCN(Cc2ccc(C#N)cc2)CC1. The Hall–Kier alpha value is -2.06. The number of nitriles is 1. The van der Waals surface area contributed by atoms with Gasteiger partial charge in [0.1, 0.15) is 0 Å². The van der Waals surface area contributed by atoms with E-state index in [0.717, 1.165) is 32.6 Å². The van der Waals surface area contributed by atoms with Crippen molar-refractivity contribution in [3.63, 3.8) is 0 Å². The molecule has 0 unspecified atom stereocenters. The van der Waals surface area contributed by atoms with Crippen molar-refractivity contribution >= 4 is 6.09 Å². The van der Waals surface area contributed by atoms with Crippen molar-refractivity contribution in [3.8, 4) is 6.07 Å². The summed E-state index contributed by atoms with van der Waals surface area (Å²) in [5.41, 5.74) is 1.88. The molecule has 1 fully saturated rings. The van der Waals surface area contributed by atoms with E-state index in [1.54, 1.807) is 4.90 Å². The Morgan fingerprint density at radius 3 is 2.61 bits per heavy atom. The van der Waals surface area contributed by atoms with Gasteiger partial charge >= 0.3 is 6.09 Å². The van der Waals surface area contributed by atoms with Crippen molar-refractivity contribution in [1.82, 2.24) is 9.80 Å². The van der Waals surface area contributed by atoms with Crippen LogP contribution in [-0.4, -0.2) is 48.7 Å². The van der Waals surface area contributed by atoms with Gasteiger partial charge in [0.15, 0.2) is 0 Å². The molecule has 1 saturated heterocycles. The van der Waals surface area contributed by atoms with Crippen molar-refractivity contribution in [2.24, 2.45) is 5.92 Å². The van der Waals surface area contributed by atoms with Crippen LogP contribution in [-0.2, 0) is 11.3 Å². The number of carbonyl (C=O) groups excluding carboxylic acids is 1. The van der Waals surface area contributed by atoms with Gasteiger partial charge in [-0.05, 0) is 30.0 Å². The number of benzene rings is 1. The van der Waals surface area contributed by atoms with Gasteiger partial charge in [-0.15, -0.1) is 0 Å². The third-order valence-electron chi connectivity index (χ3n) is 3.88. The van der Waals surface area contributed by atoms with E-state index in [-0.39, 0.29) is 6.09 Å². The maximum Gasteiger partial charge on any atom is 0.409 e. The van der Waals surface area contributed by atoms with Crippen LogP contribution in [0.1, 0.15) is 31.4 Å². The fraction of sp³-hybridized carbons (Fsp3) is 0.556. The van der Waals surface area contributed by atoms with E-state index in [2.05, 4.69) is 11.0 Å². The minimum Gasteiger partial charge on any atom is -0.449 e. The van der Waals surface area contributed by atoms with Crippen LogP contribution in [0.2, 0.25) is 0 Å². The minimum absolute atomic E-state index is 0.195. The Morgan fingerprint density at radius 2 is 1.96 bits per heavy atom. The summed E-state index contributed by atoms with van der Waals surface area (Å²) in [6.07, 6.45) is 0.756. The van der Waals surface area contributed by atoms with E-state index in [0.29, 0.717) is 24.6 Å². The average molecular weight is 315 g/mol. The number of nitrogens with zero attached hydrogens (tertiary/aromatic N) is 3. The first-order valence-electron chi connectivity index (χ1n) is 8.21. The lowest BCUT2D eigenvalue weighted by Crippen LogP contribution is -2.36. The van der Waals surface area contributed by atoms with Crippen LogP contribution in [0.3, 0.4) is 0 Å². The number of amides is 1. The topological polar surface area (TPSA) is 56.6 Å². The molecule has 5 heteroatoms. The Labute approximate surface area is 138 Å². The van der Waals surface area contributed by atoms with Gasteiger partial charge in [0.05, 0.1) is 18.2 Å². The van der Waals surface area contributed by atoms with E-state index in [1.807, 2.05) is 38.1 Å². The molecule has 0 bridgehead atoms. The first kappa shape index (κ1) is 17.3. The van der Waals surface area contributed by atoms with Gasteiger partial charge in [-0.1, -0.05) is 26.0 Å². The molecule has 23 heavy (non-hydrogen) atoms. The molecular weight excluding hydrogens is 290 g/mol. The molecule has 1 amide bonds. The molecule has 0 aromatic heterocycles. The summed E-state index contributed by atoms with van der Waals surface area (Å²) in [4.78, 5) is 16.2. The predicted molar refractivity (Wildman–Crippen MR) is 88.8 cm³/mol. The van der Waals surface area contributed by atoms with E-state index >= 15 is 0 Å². The lowest BCUT2D eigenvalue weighted by atomic mass is 10.1. The third-order valence-corrected chi connectivity index (χ3v) is 3.88. The van der Waals surface area contributed by atoms with E-state index in [4.69, 9.17) is 10.00 Å². The van der Waals surface area contributed by atoms with Gasteiger partial charge in [-0.2, -0.15) is 5.26 Å². The standard InChI is InChI=1S/C18H25N3O2/c1-15(2)14-23-18(22)21-9-3-8-20(10-11-21)13-17-6-4-16(12-19)5-7-17/h4-7,15H,3,8-11,13-14H2,1-2H3. The maximum absolute atomic E-state index is 12.0. The molecule has 0 N–H and O–H groups in total. The Bertz CT molecular complexity index is 548. The summed E-state index contributed by atoms with van der Waals surface area (Å²) in [6, 6.07) is 9.83. The van der Waals surface area contributed by atoms with Crippen LogP contribution < -0.4 is 0 Å². The number of rotatable bonds is 4. The molecule has 124 valence electrons. The summed E-state index contributed by atoms with van der Waals surface area (Å²) in [7, 11) is 0. The molecule has 1 heterocycles. The van der Waals surface area contributed by atoms with Crippen molar-refractivity contribution < 1.29 is 9.53 Å². The van der Waals surface area contributed by atoms with Gasteiger partial charge in [0.2, 0.25) is 0 Å². The fourth-order valence-corrected chi connectivity index (χ4v) is 2.58. The minimum atomic E-state index is -0.195. The largest absolute Gasteiger partial charge is 0.449 e. The van der Waals surface area contributed by atoms with Gasteiger partial charge in [0, 0.05) is 32.7 Å². The molecule has 1 aliphatic rings. The summed E-state index contributed by atoms with van der Waals surface area (Å²) < 4.78 is 5.32. The average Bonchev–Trinajstić information content (AvgIpc) is 2.79. The zero-order chi connectivity index (χ0) is 16.7. The highest BCUT2D eigenvalue weighted by molar-refractivity contribution is 5.67. The lowest BCUT2D eigenvalue weighted by Gasteiger charge is -2.22. The molecule has 0 spiro atoms. The van der Waals surface area contributed by atoms with Crippen LogP contribution >= 0.6 is 0 Å². The molecular formula is C18H25N3O2. The summed E-state index contributed by atoms with van der Waals surface area (Å²) in [5.74, 6) is 0.360. The monoisotopic (exact) mass is 315 g/mol. The van der Waals surface area contributed by atoms with Crippen LogP contribution in [0.25, 0.3) is 0 Å². The third kappa shape index (κ3) is 5.57. The fourth-order valence-electron chi connectivity index (χ4n) is 2.58. The van der Waals surface area contributed by atoms with Gasteiger partial charge in [0.25, 0.3) is 0 Å². The Kier molecular flexibility index (Phi) is 6.42. The number of hydrogen-bond acceptors (Lipinski definition) is 4. The highest BCUT2D eigenvalue weighted by atomic mass is 16.6. The van der Waals surface area contributed by atoms with E-state index in [1.165, 1.54) is 5.56 Å². The quantitative estimate of drug-likeness (QED) is 0.857. The smallest absolute Gasteiger partial charge is 0.409 e. The van der Waals surface area contributed by atoms with Crippen LogP contribution in [0.4, 0.5) is 4.79 Å². The highest BCUT2D eigenvalue weighted by Gasteiger charge is 2.20. The van der Waals surface area contributed by atoms with Crippen molar-refractivity contribution in [2.45, 2.75) is 26.8 Å². The Balaban J connectivity index is 1.83. The molecule has 5 nitrogen and oxygen atoms in total. The normalized spacial score (nSPS) is 16.0. The van der Waals surface area contributed by atoms with Crippen molar-refractivity contribution in [1.29, 1.82) is 5.26 Å². The number of carbonyl (C=O) groups is 1. The van der Waals surface area contributed by atoms with Crippen LogP contribution in [0, 0.1) is 17.2 Å². The van der Waals surface area contributed by atoms with Gasteiger partial charge in [-0.25, -0.2) is 4.79 Å². The highest BCUT2D eigenvalue weighted by Crippen LogP contribution is 2.11. The van der Waals surface area contributed by atoms with Crippen LogP contribution in [0.15, 0.2) is 24.3 Å². The maximum atomic E-state index is 12.0. The summed E-state index contributed by atoms with van der Waals surface area (Å²) in [5, 5.41) is 8.84. The molecule has 0 saturated carbocycles. The summed E-state index contributed by atoms with van der Waals surface area (Å²) in [6.45, 7) is 8.66. The zero-order valence-corrected chi connectivity index (χ0v) is 14.0. The lowest BCUT2D eigenvalue weighted by molar-refractivity contribution is 0.0930. The molecule has 0 radical (unpaired) electrons. The number of ether oxygens (including phenoxy) is 1. The van der Waals surface area contributed by atoms with E-state index < -0.39 is 0 Å². The molecule has 1 aromatic rings. The first-order valence-corrected chi connectivity index (χ1v) is 8.21. The van der Waals surface area contributed by atoms with Gasteiger partial charge < -0.3 is 9.64 Å². The Morgan fingerprint density at radius 1 is 1.22 bits per heavy atom. The van der Waals surface area contributed by atoms with Crippen molar-refractivity contribution in [2.75, 3.05) is 32.8 Å². The molecule has 1 aliphatic heterocycles. The summed E-state index contributed by atoms with van der Waals surface area (Å²) >= 11 is 0. The van der Waals surface area contributed by atoms with Crippen LogP contribution in [0.5, 0.6) is 0 Å². The molecule has 0 aliphatic carbocycles. The molecule has 0 atom stereocenters. The van der Waals surface area contributed by atoms with E-state index in [9.17, 15) is 4.79 Å². The van der Waals surface area contributed by atoms with Crippen molar-refractivity contribution in [3.05, 3.63) is 35.4 Å². The second kappa shape index (κ2) is 8.54. The second-order valence-corrected chi connectivity index (χ2v) is 6.40. The second-order valence-electron chi connectivity index (χ2n) is 6.40. The predicted octanol–water partition coefficient (Wildman–Crippen LogP) is 2.86. The number of hydrogen-bond donors (Lipinski definition) is 0. The van der Waals surface area contributed by atoms with Gasteiger partial charge in [-0.3, -0.25) is 4.90 Å². The zero-order valence-electron chi connectivity index (χ0n) is 14.0. The molecule has 1 aromatic carbocycles. The molecule has 2 rings (SSSR count).